The highest BCUT2D eigenvalue weighted by Gasteiger charge is 2.20. The first-order valence-corrected chi connectivity index (χ1v) is 20.2. The lowest BCUT2D eigenvalue weighted by Crippen LogP contribution is -2.10. The molecule has 0 spiro atoms. The van der Waals surface area contributed by atoms with E-state index in [1.807, 2.05) is 0 Å². The summed E-state index contributed by atoms with van der Waals surface area (Å²) in [7, 11) is 0. The molecule has 1 heteroatoms. The Labute approximate surface area is 346 Å². The van der Waals surface area contributed by atoms with Crippen LogP contribution in [0.15, 0.2) is 249 Å². The van der Waals surface area contributed by atoms with Crippen molar-refractivity contribution in [2.75, 3.05) is 4.90 Å². The lowest BCUT2D eigenvalue weighted by atomic mass is 9.84. The lowest BCUT2D eigenvalue weighted by molar-refractivity contribution is 1.28. The molecule has 0 aliphatic carbocycles. The molecular formula is C58H41N. The van der Waals surface area contributed by atoms with Gasteiger partial charge < -0.3 is 4.90 Å². The second kappa shape index (κ2) is 16.0. The summed E-state index contributed by atoms with van der Waals surface area (Å²) >= 11 is 0. The third-order valence-corrected chi connectivity index (χ3v) is 11.2. The molecule has 278 valence electrons. The molecule has 0 amide bonds. The molecule has 10 aromatic carbocycles. The molecule has 10 aromatic rings. The van der Waals surface area contributed by atoms with Gasteiger partial charge in [0, 0.05) is 17.1 Å². The molecule has 0 bridgehead atoms. The molecule has 0 saturated heterocycles. The molecule has 59 heavy (non-hydrogen) atoms. The molecule has 1 nitrogen and oxygen atoms in total. The predicted molar refractivity (Wildman–Crippen MR) is 251 cm³/mol. The van der Waals surface area contributed by atoms with Crippen LogP contribution >= 0.6 is 0 Å². The topological polar surface area (TPSA) is 3.24 Å². The quantitative estimate of drug-likeness (QED) is 0.142. The van der Waals surface area contributed by atoms with Crippen LogP contribution in [0.5, 0.6) is 0 Å². The van der Waals surface area contributed by atoms with Gasteiger partial charge in [-0.1, -0.05) is 194 Å². The van der Waals surface area contributed by atoms with Gasteiger partial charge in [-0.05, 0) is 132 Å². The summed E-state index contributed by atoms with van der Waals surface area (Å²) in [6.45, 7) is 0. The Hall–Kier alpha value is -7.74. The smallest absolute Gasteiger partial charge is 0.0467 e. The summed E-state index contributed by atoms with van der Waals surface area (Å²) in [5, 5.41) is 2.49. The Morgan fingerprint density at radius 1 is 0.203 bits per heavy atom. The number of fused-ring (bicyclic) bond motifs is 1. The Morgan fingerprint density at radius 2 is 0.610 bits per heavy atom. The number of hydrogen-bond acceptors (Lipinski definition) is 1. The largest absolute Gasteiger partial charge is 0.310 e. The predicted octanol–water partition coefficient (Wildman–Crippen LogP) is 16.3. The Bertz CT molecular complexity index is 2930. The zero-order valence-electron chi connectivity index (χ0n) is 32.6. The fourth-order valence-corrected chi connectivity index (χ4v) is 8.29. The Balaban J connectivity index is 1.14. The summed E-state index contributed by atoms with van der Waals surface area (Å²) in [4.78, 5) is 2.38. The second-order valence-electron chi connectivity index (χ2n) is 15.0. The maximum Gasteiger partial charge on any atom is 0.0467 e. The first-order chi connectivity index (χ1) is 29.2. The Morgan fingerprint density at radius 3 is 1.15 bits per heavy atom. The summed E-state index contributed by atoms with van der Waals surface area (Å²) in [5.41, 5.74) is 17.5. The summed E-state index contributed by atoms with van der Waals surface area (Å²) in [5.74, 6) is 0. The summed E-state index contributed by atoms with van der Waals surface area (Å²) in [6.07, 6.45) is 0. The highest BCUT2D eigenvalue weighted by molar-refractivity contribution is 5.99. The van der Waals surface area contributed by atoms with Gasteiger partial charge in [-0.2, -0.15) is 0 Å². The third kappa shape index (κ3) is 7.34. The lowest BCUT2D eigenvalue weighted by Gasteiger charge is -2.27. The van der Waals surface area contributed by atoms with E-state index in [0.717, 1.165) is 22.6 Å². The molecule has 0 aliphatic heterocycles. The van der Waals surface area contributed by atoms with E-state index in [9.17, 15) is 0 Å². The minimum atomic E-state index is 1.08. The van der Waals surface area contributed by atoms with Crippen LogP contribution in [0.3, 0.4) is 0 Å². The van der Waals surface area contributed by atoms with E-state index >= 15 is 0 Å². The Kier molecular flexibility index (Phi) is 9.68. The van der Waals surface area contributed by atoms with E-state index in [1.165, 1.54) is 72.0 Å². The molecule has 0 fully saturated rings. The molecule has 0 unspecified atom stereocenters. The zero-order valence-corrected chi connectivity index (χ0v) is 32.6. The summed E-state index contributed by atoms with van der Waals surface area (Å²) < 4.78 is 0. The summed E-state index contributed by atoms with van der Waals surface area (Å²) in [6, 6.07) is 89.9. The molecule has 0 radical (unpaired) electrons. The van der Waals surface area contributed by atoms with Gasteiger partial charge in [-0.15, -0.1) is 0 Å². The van der Waals surface area contributed by atoms with Gasteiger partial charge in [0.2, 0.25) is 0 Å². The highest BCUT2D eigenvalue weighted by atomic mass is 15.1. The van der Waals surface area contributed by atoms with Crippen molar-refractivity contribution in [1.82, 2.24) is 0 Å². The SMILES string of the molecule is c1ccc(-c2ccc(N(c3ccc(-c4ccc5ccccc5c4)cc3)c3cccc(-c4c(-c5ccccc5)cc(-c5ccccc5)cc4-c4ccccc4)c3)cc2)cc1. The van der Waals surface area contributed by atoms with Crippen molar-refractivity contribution in [3.05, 3.63) is 249 Å². The van der Waals surface area contributed by atoms with Gasteiger partial charge >= 0.3 is 0 Å². The molecule has 0 aliphatic rings. The number of nitrogens with zero attached hydrogens (tertiary/aromatic N) is 1. The van der Waals surface area contributed by atoms with Crippen molar-refractivity contribution < 1.29 is 0 Å². The van der Waals surface area contributed by atoms with Crippen molar-refractivity contribution >= 4 is 27.8 Å². The van der Waals surface area contributed by atoms with Gasteiger partial charge in [0.25, 0.3) is 0 Å². The first-order valence-electron chi connectivity index (χ1n) is 20.2. The highest BCUT2D eigenvalue weighted by Crippen LogP contribution is 2.45. The van der Waals surface area contributed by atoms with Crippen LogP contribution in [-0.4, -0.2) is 0 Å². The van der Waals surface area contributed by atoms with Gasteiger partial charge in [-0.25, -0.2) is 0 Å². The van der Waals surface area contributed by atoms with Gasteiger partial charge in [-0.3, -0.25) is 0 Å². The minimum absolute atomic E-state index is 1.08. The van der Waals surface area contributed by atoms with Gasteiger partial charge in [0.15, 0.2) is 0 Å². The number of hydrogen-bond donors (Lipinski definition) is 0. The average Bonchev–Trinajstić information content (AvgIpc) is 3.33. The maximum atomic E-state index is 2.38. The van der Waals surface area contributed by atoms with Crippen LogP contribution in [0.2, 0.25) is 0 Å². The number of anilines is 3. The first kappa shape index (κ1) is 35.7. The van der Waals surface area contributed by atoms with Crippen molar-refractivity contribution in [2.45, 2.75) is 0 Å². The number of rotatable bonds is 9. The van der Waals surface area contributed by atoms with E-state index in [-0.39, 0.29) is 0 Å². The molecule has 0 atom stereocenters. The molecule has 0 saturated carbocycles. The van der Waals surface area contributed by atoms with Crippen molar-refractivity contribution in [1.29, 1.82) is 0 Å². The van der Waals surface area contributed by atoms with E-state index < -0.39 is 0 Å². The molecule has 0 aromatic heterocycles. The van der Waals surface area contributed by atoms with Crippen molar-refractivity contribution in [3.8, 4) is 66.8 Å². The fourth-order valence-electron chi connectivity index (χ4n) is 8.29. The molecule has 0 heterocycles. The van der Waals surface area contributed by atoms with Crippen LogP contribution in [0, 0.1) is 0 Å². The van der Waals surface area contributed by atoms with Crippen LogP contribution in [0.25, 0.3) is 77.5 Å². The van der Waals surface area contributed by atoms with E-state index in [1.54, 1.807) is 0 Å². The van der Waals surface area contributed by atoms with E-state index in [0.29, 0.717) is 0 Å². The second-order valence-corrected chi connectivity index (χ2v) is 15.0. The zero-order chi connectivity index (χ0) is 39.4. The van der Waals surface area contributed by atoms with Crippen molar-refractivity contribution in [2.24, 2.45) is 0 Å². The normalized spacial score (nSPS) is 11.1. The molecule has 10 rings (SSSR count). The average molecular weight is 752 g/mol. The van der Waals surface area contributed by atoms with Crippen LogP contribution in [-0.2, 0) is 0 Å². The monoisotopic (exact) mass is 751 g/mol. The van der Waals surface area contributed by atoms with E-state index in [4.69, 9.17) is 0 Å². The van der Waals surface area contributed by atoms with E-state index in [2.05, 4.69) is 254 Å². The fraction of sp³-hybridized carbons (Fsp3) is 0. The van der Waals surface area contributed by atoms with Crippen LogP contribution in [0.4, 0.5) is 17.1 Å². The molecule has 0 N–H and O–H groups in total. The van der Waals surface area contributed by atoms with Crippen LogP contribution in [0.1, 0.15) is 0 Å². The molecular weight excluding hydrogens is 711 g/mol. The number of benzene rings is 10. The standard InChI is InChI=1S/C58H41N/c1-5-16-42(17-6-1)45-30-34-53(35-31-45)59(54-36-32-46(33-37-54)50-29-28-44-20-13-14-25-49(44)38-50)55-27-15-26-51(39-55)58-56(47-21-9-3-10-22-47)40-52(43-18-7-2-8-19-43)41-57(58)48-23-11-4-12-24-48/h1-41H. The van der Waals surface area contributed by atoms with Crippen LogP contribution < -0.4 is 4.90 Å². The van der Waals surface area contributed by atoms with Gasteiger partial charge in [0.05, 0.1) is 0 Å². The maximum absolute atomic E-state index is 2.38. The third-order valence-electron chi connectivity index (χ3n) is 11.2. The minimum Gasteiger partial charge on any atom is -0.310 e. The van der Waals surface area contributed by atoms with Crippen molar-refractivity contribution in [3.63, 3.8) is 0 Å². The van der Waals surface area contributed by atoms with Gasteiger partial charge in [0.1, 0.15) is 0 Å².